The standard InChI is InChI=1S/C17H13F3NO3S/c18-17(19,20)14-3-1-2-13(10-14)16(22)21-25(23,24)15-8-6-12(7-9-15)11-4-5-11/h1-4,6-11H,5H2,(H,21,22). The van der Waals surface area contributed by atoms with Crippen molar-refractivity contribution in [2.75, 3.05) is 0 Å². The molecule has 1 saturated carbocycles. The predicted molar refractivity (Wildman–Crippen MR) is 84.2 cm³/mol. The van der Waals surface area contributed by atoms with Crippen LogP contribution in [0, 0.1) is 6.42 Å². The van der Waals surface area contributed by atoms with E-state index in [-0.39, 0.29) is 10.5 Å². The summed E-state index contributed by atoms with van der Waals surface area (Å²) in [7, 11) is -4.17. The van der Waals surface area contributed by atoms with Gasteiger partial charge in [0, 0.05) is 5.56 Å². The van der Waals surface area contributed by atoms with Gasteiger partial charge in [-0.15, -0.1) is 0 Å². The molecule has 1 fully saturated rings. The lowest BCUT2D eigenvalue weighted by molar-refractivity contribution is -0.137. The zero-order chi connectivity index (χ0) is 18.2. The molecular weight excluding hydrogens is 355 g/mol. The highest BCUT2D eigenvalue weighted by Gasteiger charge is 2.31. The van der Waals surface area contributed by atoms with E-state index >= 15 is 0 Å². The minimum atomic E-state index is -4.62. The Hall–Kier alpha value is -2.35. The van der Waals surface area contributed by atoms with Crippen LogP contribution in [0.25, 0.3) is 0 Å². The number of rotatable bonds is 4. The first-order valence-electron chi connectivity index (χ1n) is 7.34. The molecule has 0 spiro atoms. The second-order valence-corrected chi connectivity index (χ2v) is 7.34. The molecule has 1 atom stereocenters. The number of carbonyl (C=O) groups excluding carboxylic acids is 1. The first-order valence-corrected chi connectivity index (χ1v) is 8.83. The van der Waals surface area contributed by atoms with Gasteiger partial charge >= 0.3 is 6.18 Å². The maximum absolute atomic E-state index is 12.7. The molecule has 2 aromatic rings. The summed E-state index contributed by atoms with van der Waals surface area (Å²) in [6.07, 6.45) is -1.61. The molecule has 131 valence electrons. The van der Waals surface area contributed by atoms with Crippen LogP contribution in [-0.4, -0.2) is 14.3 Å². The van der Waals surface area contributed by atoms with E-state index in [0.717, 1.165) is 30.2 Å². The molecule has 1 aliphatic rings. The number of halogens is 3. The van der Waals surface area contributed by atoms with Gasteiger partial charge in [-0.2, -0.15) is 13.2 Å². The molecule has 0 heterocycles. The smallest absolute Gasteiger partial charge is 0.268 e. The van der Waals surface area contributed by atoms with Crippen molar-refractivity contribution in [3.05, 3.63) is 71.6 Å². The molecule has 1 aliphatic carbocycles. The predicted octanol–water partition coefficient (Wildman–Crippen LogP) is 3.52. The molecule has 1 radical (unpaired) electrons. The van der Waals surface area contributed by atoms with Gasteiger partial charge in [0.15, 0.2) is 0 Å². The van der Waals surface area contributed by atoms with Crippen LogP contribution in [0.4, 0.5) is 13.2 Å². The van der Waals surface area contributed by atoms with Gasteiger partial charge in [0.05, 0.1) is 10.5 Å². The summed E-state index contributed by atoms with van der Waals surface area (Å²) in [6.45, 7) is 0. The lowest BCUT2D eigenvalue weighted by Gasteiger charge is -2.10. The van der Waals surface area contributed by atoms with Crippen molar-refractivity contribution in [3.8, 4) is 0 Å². The Balaban J connectivity index is 1.79. The molecule has 1 amide bonds. The zero-order valence-electron chi connectivity index (χ0n) is 12.7. The topological polar surface area (TPSA) is 63.2 Å². The molecule has 0 saturated heterocycles. The molecular formula is C17H13F3NO3S. The van der Waals surface area contributed by atoms with Gasteiger partial charge in [-0.3, -0.25) is 4.79 Å². The summed E-state index contributed by atoms with van der Waals surface area (Å²) in [5, 5.41) is 0. The van der Waals surface area contributed by atoms with Crippen LogP contribution in [0.2, 0.25) is 0 Å². The first kappa shape index (κ1) is 17.5. The fourth-order valence-corrected chi connectivity index (χ4v) is 3.29. The summed E-state index contributed by atoms with van der Waals surface area (Å²) in [5.41, 5.74) is -0.437. The third kappa shape index (κ3) is 4.01. The highest BCUT2D eigenvalue weighted by atomic mass is 32.2. The lowest BCUT2D eigenvalue weighted by Crippen LogP contribution is -2.30. The van der Waals surface area contributed by atoms with Crippen LogP contribution in [0.5, 0.6) is 0 Å². The monoisotopic (exact) mass is 368 g/mol. The van der Waals surface area contributed by atoms with E-state index in [9.17, 15) is 26.4 Å². The third-order valence-electron chi connectivity index (χ3n) is 3.77. The molecule has 3 rings (SSSR count). The van der Waals surface area contributed by atoms with Crippen molar-refractivity contribution in [2.45, 2.75) is 23.4 Å². The van der Waals surface area contributed by atoms with E-state index in [2.05, 4.69) is 6.42 Å². The second kappa shape index (κ2) is 6.18. The summed E-state index contributed by atoms with van der Waals surface area (Å²) in [5.74, 6) is -0.790. The number of benzene rings is 2. The third-order valence-corrected chi connectivity index (χ3v) is 5.12. The highest BCUT2D eigenvalue weighted by Crippen LogP contribution is 2.38. The number of nitrogens with one attached hydrogen (secondary N) is 1. The minimum Gasteiger partial charge on any atom is -0.268 e. The average molecular weight is 368 g/mol. The maximum Gasteiger partial charge on any atom is 0.416 e. The Bertz CT molecular complexity index is 901. The Morgan fingerprint density at radius 2 is 1.72 bits per heavy atom. The van der Waals surface area contributed by atoms with Crippen LogP contribution in [0.1, 0.15) is 33.8 Å². The highest BCUT2D eigenvalue weighted by molar-refractivity contribution is 7.90. The van der Waals surface area contributed by atoms with Gasteiger partial charge in [-0.05, 0) is 54.7 Å². The number of amides is 1. The van der Waals surface area contributed by atoms with Crippen molar-refractivity contribution in [3.63, 3.8) is 0 Å². The lowest BCUT2D eigenvalue weighted by atomic mass is 10.1. The summed E-state index contributed by atoms with van der Waals surface area (Å²) in [4.78, 5) is 11.9. The fourth-order valence-electron chi connectivity index (χ4n) is 2.31. The number of sulfonamides is 1. The quantitative estimate of drug-likeness (QED) is 0.898. The van der Waals surface area contributed by atoms with Crippen molar-refractivity contribution < 1.29 is 26.4 Å². The van der Waals surface area contributed by atoms with Crippen molar-refractivity contribution in [1.82, 2.24) is 4.72 Å². The SMILES string of the molecule is O=C(NS(=O)(=O)c1ccc(C2[CH]C2)cc1)c1cccc(C(F)(F)F)c1. The van der Waals surface area contributed by atoms with E-state index in [0.29, 0.717) is 12.0 Å². The largest absolute Gasteiger partial charge is 0.416 e. The number of alkyl halides is 3. The Kier molecular flexibility index (Phi) is 4.32. The maximum atomic E-state index is 12.7. The van der Waals surface area contributed by atoms with Crippen LogP contribution >= 0.6 is 0 Å². The van der Waals surface area contributed by atoms with Gasteiger partial charge in [0.1, 0.15) is 0 Å². The van der Waals surface area contributed by atoms with E-state index in [4.69, 9.17) is 0 Å². The Morgan fingerprint density at radius 1 is 1.08 bits per heavy atom. The fraction of sp³-hybridized carbons (Fsp3) is 0.176. The second-order valence-electron chi connectivity index (χ2n) is 5.66. The first-order chi connectivity index (χ1) is 11.7. The number of carbonyl (C=O) groups is 1. The van der Waals surface area contributed by atoms with Gasteiger partial charge in [0.25, 0.3) is 15.9 Å². The van der Waals surface area contributed by atoms with E-state index < -0.39 is 27.7 Å². The van der Waals surface area contributed by atoms with Crippen LogP contribution in [0.3, 0.4) is 0 Å². The van der Waals surface area contributed by atoms with Gasteiger partial charge in [-0.25, -0.2) is 13.1 Å². The number of hydrogen-bond acceptors (Lipinski definition) is 3. The van der Waals surface area contributed by atoms with E-state index in [1.807, 2.05) is 0 Å². The molecule has 0 bridgehead atoms. The normalized spacial score (nSPS) is 15.0. The van der Waals surface area contributed by atoms with Crippen LogP contribution in [0.15, 0.2) is 53.4 Å². The molecule has 0 aromatic heterocycles. The Morgan fingerprint density at radius 3 is 2.28 bits per heavy atom. The van der Waals surface area contributed by atoms with Crippen molar-refractivity contribution in [1.29, 1.82) is 0 Å². The zero-order valence-corrected chi connectivity index (χ0v) is 13.6. The van der Waals surface area contributed by atoms with Gasteiger partial charge < -0.3 is 0 Å². The summed E-state index contributed by atoms with van der Waals surface area (Å²) >= 11 is 0. The van der Waals surface area contributed by atoms with Crippen molar-refractivity contribution >= 4 is 15.9 Å². The van der Waals surface area contributed by atoms with E-state index in [1.54, 1.807) is 16.9 Å². The molecule has 4 nitrogen and oxygen atoms in total. The minimum absolute atomic E-state index is 0.128. The molecule has 25 heavy (non-hydrogen) atoms. The van der Waals surface area contributed by atoms with Crippen LogP contribution in [-0.2, 0) is 16.2 Å². The van der Waals surface area contributed by atoms with Gasteiger partial charge in [-0.1, -0.05) is 18.2 Å². The summed E-state index contributed by atoms with van der Waals surface area (Å²) in [6, 6.07) is 9.61. The Labute approximate surface area is 142 Å². The molecule has 1 N–H and O–H groups in total. The summed E-state index contributed by atoms with van der Waals surface area (Å²) < 4.78 is 64.3. The van der Waals surface area contributed by atoms with Crippen LogP contribution < -0.4 is 4.72 Å². The molecule has 1 unspecified atom stereocenters. The number of hydrogen-bond donors (Lipinski definition) is 1. The molecule has 8 heteroatoms. The average Bonchev–Trinajstić information content (AvgIpc) is 3.39. The van der Waals surface area contributed by atoms with Crippen molar-refractivity contribution in [2.24, 2.45) is 0 Å². The van der Waals surface area contributed by atoms with Gasteiger partial charge in [0.2, 0.25) is 0 Å². The molecule has 2 aromatic carbocycles. The molecule has 0 aliphatic heterocycles. The van der Waals surface area contributed by atoms with E-state index in [1.165, 1.54) is 12.1 Å².